The van der Waals surface area contributed by atoms with Crippen LogP contribution in [-0.4, -0.2) is 60.3 Å². The molecule has 84 valence electrons. The van der Waals surface area contributed by atoms with E-state index in [0.717, 1.165) is 0 Å². The highest BCUT2D eigenvalue weighted by molar-refractivity contribution is 5.74. The second-order valence-electron chi connectivity index (χ2n) is 4.17. The quantitative estimate of drug-likeness (QED) is 0.588. The lowest BCUT2D eigenvalue weighted by atomic mass is 10.0. The van der Waals surface area contributed by atoms with Crippen LogP contribution in [0.2, 0.25) is 0 Å². The van der Waals surface area contributed by atoms with Gasteiger partial charge in [-0.1, -0.05) is 0 Å². The average Bonchev–Trinajstić information content (AvgIpc) is 2.72. The minimum Gasteiger partial charge on any atom is -0.465 e. The summed E-state index contributed by atoms with van der Waals surface area (Å²) in [4.78, 5) is 25.3. The Bertz CT molecular complexity index is 280. The molecule has 2 fully saturated rings. The molecule has 2 aliphatic heterocycles. The number of carbonyl (C=O) groups excluding carboxylic acids is 1. The van der Waals surface area contributed by atoms with Gasteiger partial charge in [-0.25, -0.2) is 9.59 Å². The van der Waals surface area contributed by atoms with Gasteiger partial charge in [0.25, 0.3) is 0 Å². The highest BCUT2D eigenvalue weighted by Crippen LogP contribution is 2.30. The van der Waals surface area contributed by atoms with Crippen LogP contribution in [0.15, 0.2) is 0 Å². The molecular weight excluding hydrogens is 198 g/mol. The summed E-state index contributed by atoms with van der Waals surface area (Å²) in [5.41, 5.74) is 0. The van der Waals surface area contributed by atoms with Crippen molar-refractivity contribution in [1.29, 1.82) is 0 Å². The number of nitrogens with one attached hydrogen (secondary N) is 1. The fourth-order valence-corrected chi connectivity index (χ4v) is 2.47. The Morgan fingerprint density at radius 2 is 1.60 bits per heavy atom. The molecule has 2 atom stereocenters. The Kier molecular flexibility index (Phi) is 2.42. The maximum atomic E-state index is 11.3. The van der Waals surface area contributed by atoms with Gasteiger partial charge in [-0.05, 0) is 0 Å². The smallest absolute Gasteiger partial charge is 0.407 e. The van der Waals surface area contributed by atoms with E-state index in [1.54, 1.807) is 11.9 Å². The maximum absolute atomic E-state index is 11.3. The first kappa shape index (κ1) is 10.1. The standard InChI is InChI=1S/C9H15N3O3/c1-10-8(13)11-2-6-4-12(9(14)15)5-7(6)3-11/h6-7H,2-5H2,1H3,(H,10,13)(H,14,15)/t6-,7+. The molecule has 0 spiro atoms. The van der Waals surface area contributed by atoms with Gasteiger partial charge < -0.3 is 20.2 Å². The van der Waals surface area contributed by atoms with E-state index >= 15 is 0 Å². The Morgan fingerprint density at radius 1 is 1.13 bits per heavy atom. The van der Waals surface area contributed by atoms with Crippen LogP contribution >= 0.6 is 0 Å². The number of likely N-dealkylation sites (tertiary alicyclic amines) is 2. The molecule has 6 heteroatoms. The zero-order valence-corrected chi connectivity index (χ0v) is 8.64. The highest BCUT2D eigenvalue weighted by Gasteiger charge is 2.42. The van der Waals surface area contributed by atoms with Crippen LogP contribution in [0.25, 0.3) is 0 Å². The van der Waals surface area contributed by atoms with Crippen molar-refractivity contribution >= 4 is 12.1 Å². The molecule has 0 unspecified atom stereocenters. The summed E-state index contributed by atoms with van der Waals surface area (Å²) in [7, 11) is 1.61. The van der Waals surface area contributed by atoms with Gasteiger partial charge in [0.1, 0.15) is 0 Å². The summed E-state index contributed by atoms with van der Waals surface area (Å²) >= 11 is 0. The van der Waals surface area contributed by atoms with Crippen LogP contribution in [-0.2, 0) is 0 Å². The van der Waals surface area contributed by atoms with Gasteiger partial charge in [-0.2, -0.15) is 0 Å². The molecule has 0 aromatic rings. The van der Waals surface area contributed by atoms with Crippen LogP contribution < -0.4 is 5.32 Å². The van der Waals surface area contributed by atoms with Crippen molar-refractivity contribution < 1.29 is 14.7 Å². The monoisotopic (exact) mass is 213 g/mol. The summed E-state index contributed by atoms with van der Waals surface area (Å²) in [6, 6.07) is -0.0636. The molecule has 0 aromatic carbocycles. The number of rotatable bonds is 0. The van der Waals surface area contributed by atoms with Crippen LogP contribution in [0.4, 0.5) is 9.59 Å². The maximum Gasteiger partial charge on any atom is 0.407 e. The van der Waals surface area contributed by atoms with Crippen LogP contribution in [0.1, 0.15) is 0 Å². The second kappa shape index (κ2) is 3.60. The first-order valence-electron chi connectivity index (χ1n) is 5.06. The predicted octanol–water partition coefficient (Wildman–Crippen LogP) is -0.133. The molecular formula is C9H15N3O3. The van der Waals surface area contributed by atoms with Gasteiger partial charge in [0.2, 0.25) is 0 Å². The van der Waals surface area contributed by atoms with E-state index in [9.17, 15) is 9.59 Å². The number of carbonyl (C=O) groups is 2. The van der Waals surface area contributed by atoms with Crippen molar-refractivity contribution in [2.75, 3.05) is 33.2 Å². The summed E-state index contributed by atoms with van der Waals surface area (Å²) in [6.07, 6.45) is -0.851. The molecule has 0 radical (unpaired) electrons. The first-order valence-corrected chi connectivity index (χ1v) is 5.06. The van der Waals surface area contributed by atoms with Gasteiger partial charge in [0, 0.05) is 45.1 Å². The van der Waals surface area contributed by atoms with Gasteiger partial charge in [-0.3, -0.25) is 0 Å². The molecule has 0 aromatic heterocycles. The molecule has 0 saturated carbocycles. The van der Waals surface area contributed by atoms with Crippen LogP contribution in [0, 0.1) is 11.8 Å². The topological polar surface area (TPSA) is 72.9 Å². The van der Waals surface area contributed by atoms with Crippen molar-refractivity contribution in [2.45, 2.75) is 0 Å². The van der Waals surface area contributed by atoms with Crippen molar-refractivity contribution in [1.82, 2.24) is 15.1 Å². The van der Waals surface area contributed by atoms with Crippen LogP contribution in [0.5, 0.6) is 0 Å². The van der Waals surface area contributed by atoms with Crippen molar-refractivity contribution in [2.24, 2.45) is 11.8 Å². The van der Waals surface area contributed by atoms with E-state index in [1.165, 1.54) is 4.90 Å². The fraction of sp³-hybridized carbons (Fsp3) is 0.778. The van der Waals surface area contributed by atoms with Crippen molar-refractivity contribution in [3.63, 3.8) is 0 Å². The Labute approximate surface area is 87.8 Å². The Hall–Kier alpha value is -1.46. The largest absolute Gasteiger partial charge is 0.465 e. The molecule has 2 saturated heterocycles. The number of carboxylic acid groups (broad SMARTS) is 1. The molecule has 0 bridgehead atoms. The van der Waals surface area contributed by atoms with E-state index in [4.69, 9.17) is 5.11 Å². The van der Waals surface area contributed by atoms with E-state index in [1.807, 2.05) is 0 Å². The molecule has 0 aliphatic carbocycles. The SMILES string of the molecule is CNC(=O)N1C[C@H]2CN(C(=O)O)C[C@H]2C1. The van der Waals surface area contributed by atoms with Crippen molar-refractivity contribution in [3.05, 3.63) is 0 Å². The van der Waals surface area contributed by atoms with E-state index in [0.29, 0.717) is 38.0 Å². The zero-order valence-electron chi connectivity index (χ0n) is 8.64. The first-order chi connectivity index (χ1) is 7.11. The molecule has 2 aliphatic rings. The molecule has 2 heterocycles. The van der Waals surface area contributed by atoms with Crippen molar-refractivity contribution in [3.8, 4) is 0 Å². The number of hydrogen-bond donors (Lipinski definition) is 2. The molecule has 2 rings (SSSR count). The summed E-state index contributed by atoms with van der Waals surface area (Å²) in [5, 5.41) is 11.4. The number of amides is 3. The lowest BCUT2D eigenvalue weighted by Gasteiger charge is -2.19. The Morgan fingerprint density at radius 3 is 2.00 bits per heavy atom. The molecule has 15 heavy (non-hydrogen) atoms. The predicted molar refractivity (Wildman–Crippen MR) is 52.6 cm³/mol. The second-order valence-corrected chi connectivity index (χ2v) is 4.17. The Balaban J connectivity index is 1.93. The lowest BCUT2D eigenvalue weighted by molar-refractivity contribution is 0.149. The third-order valence-electron chi connectivity index (χ3n) is 3.26. The van der Waals surface area contributed by atoms with Gasteiger partial charge in [0.15, 0.2) is 0 Å². The number of urea groups is 1. The molecule has 6 nitrogen and oxygen atoms in total. The average molecular weight is 213 g/mol. The lowest BCUT2D eigenvalue weighted by Crippen LogP contribution is -2.39. The minimum atomic E-state index is -0.851. The van der Waals surface area contributed by atoms with E-state index in [2.05, 4.69) is 5.32 Å². The highest BCUT2D eigenvalue weighted by atomic mass is 16.4. The molecule has 2 N–H and O–H groups in total. The van der Waals surface area contributed by atoms with Gasteiger partial charge in [0.05, 0.1) is 0 Å². The number of fused-ring (bicyclic) bond motifs is 1. The van der Waals surface area contributed by atoms with Gasteiger partial charge in [-0.15, -0.1) is 0 Å². The number of nitrogens with zero attached hydrogens (tertiary/aromatic N) is 2. The number of hydrogen-bond acceptors (Lipinski definition) is 2. The zero-order chi connectivity index (χ0) is 11.0. The normalized spacial score (nSPS) is 29.1. The van der Waals surface area contributed by atoms with E-state index in [-0.39, 0.29) is 6.03 Å². The minimum absolute atomic E-state index is 0.0636. The summed E-state index contributed by atoms with van der Waals surface area (Å²) < 4.78 is 0. The molecule has 3 amide bonds. The third-order valence-corrected chi connectivity index (χ3v) is 3.26. The third kappa shape index (κ3) is 1.71. The summed E-state index contributed by atoms with van der Waals surface area (Å²) in [6.45, 7) is 2.48. The summed E-state index contributed by atoms with van der Waals surface area (Å²) in [5.74, 6) is 0.636. The fourth-order valence-electron chi connectivity index (χ4n) is 2.47. The van der Waals surface area contributed by atoms with Crippen LogP contribution in [0.3, 0.4) is 0 Å². The van der Waals surface area contributed by atoms with E-state index < -0.39 is 6.09 Å². The van der Waals surface area contributed by atoms with Gasteiger partial charge >= 0.3 is 12.1 Å².